The zero-order chi connectivity index (χ0) is 13.2. The van der Waals surface area contributed by atoms with Gasteiger partial charge in [-0.3, -0.25) is 9.69 Å². The molecular formula is C12H18N4O3. The van der Waals surface area contributed by atoms with Gasteiger partial charge in [-0.1, -0.05) is 5.16 Å². The number of hydrogen-bond donors (Lipinski definition) is 1. The lowest BCUT2D eigenvalue weighted by atomic mass is 10.2. The lowest BCUT2D eigenvalue weighted by Crippen LogP contribution is -2.48. The number of nitrogens with one attached hydrogen (secondary N) is 1. The van der Waals surface area contributed by atoms with E-state index in [9.17, 15) is 4.79 Å². The third-order valence-corrected chi connectivity index (χ3v) is 3.47. The van der Waals surface area contributed by atoms with Crippen molar-refractivity contribution in [2.24, 2.45) is 0 Å². The Kier molecular flexibility index (Phi) is 3.48. The summed E-state index contributed by atoms with van der Waals surface area (Å²) in [5.41, 5.74) is 0. The van der Waals surface area contributed by atoms with Crippen LogP contribution in [0.5, 0.6) is 0 Å². The third-order valence-electron chi connectivity index (χ3n) is 3.47. The van der Waals surface area contributed by atoms with Gasteiger partial charge in [0, 0.05) is 26.1 Å². The number of likely N-dealkylation sites (N-methyl/N-ethyl adjacent to an activating group) is 1. The molecule has 1 saturated carbocycles. The van der Waals surface area contributed by atoms with Gasteiger partial charge in [-0.25, -0.2) is 0 Å². The van der Waals surface area contributed by atoms with E-state index in [-0.39, 0.29) is 5.91 Å². The molecule has 1 aliphatic heterocycles. The lowest BCUT2D eigenvalue weighted by Gasteiger charge is -2.30. The van der Waals surface area contributed by atoms with Crippen molar-refractivity contribution in [1.82, 2.24) is 20.4 Å². The van der Waals surface area contributed by atoms with Gasteiger partial charge in [0.2, 0.25) is 11.8 Å². The molecule has 0 radical (unpaired) electrons. The minimum Gasteiger partial charge on any atom is -0.366 e. The van der Waals surface area contributed by atoms with Gasteiger partial charge in [-0.15, -0.1) is 0 Å². The first-order valence-electron chi connectivity index (χ1n) is 6.64. The molecule has 2 aliphatic rings. The third kappa shape index (κ3) is 2.93. The van der Waals surface area contributed by atoms with Gasteiger partial charge in [0.15, 0.2) is 5.82 Å². The van der Waals surface area contributed by atoms with E-state index in [1.54, 1.807) is 7.05 Å². The van der Waals surface area contributed by atoms with Gasteiger partial charge in [0.25, 0.3) is 0 Å². The predicted octanol–water partition coefficient (Wildman–Crippen LogP) is -0.106. The van der Waals surface area contributed by atoms with Crippen LogP contribution in [-0.2, 0) is 16.1 Å². The molecule has 0 aromatic carbocycles. The van der Waals surface area contributed by atoms with Crippen molar-refractivity contribution < 1.29 is 14.1 Å². The van der Waals surface area contributed by atoms with Crippen LogP contribution in [0, 0.1) is 0 Å². The van der Waals surface area contributed by atoms with Crippen LogP contribution in [0.25, 0.3) is 0 Å². The lowest BCUT2D eigenvalue weighted by molar-refractivity contribution is -0.138. The summed E-state index contributed by atoms with van der Waals surface area (Å²) in [5, 5.41) is 6.60. The average molecular weight is 266 g/mol. The molecular weight excluding hydrogens is 248 g/mol. The zero-order valence-corrected chi connectivity index (χ0v) is 11.0. The van der Waals surface area contributed by atoms with Crippen LogP contribution in [-0.4, -0.2) is 53.8 Å². The molecule has 3 rings (SSSR count). The first-order chi connectivity index (χ1) is 9.26. The molecule has 1 aromatic rings. The monoisotopic (exact) mass is 266 g/mol. The van der Waals surface area contributed by atoms with Crippen LogP contribution in [0.1, 0.15) is 30.5 Å². The quantitative estimate of drug-likeness (QED) is 0.819. The number of carbonyl (C=O) groups is 1. The molecule has 7 heteroatoms. The van der Waals surface area contributed by atoms with Gasteiger partial charge < -0.3 is 14.6 Å². The Bertz CT molecular complexity index is 458. The van der Waals surface area contributed by atoms with E-state index in [1.807, 2.05) is 0 Å². The first kappa shape index (κ1) is 12.6. The van der Waals surface area contributed by atoms with Gasteiger partial charge >= 0.3 is 0 Å². The van der Waals surface area contributed by atoms with Crippen molar-refractivity contribution in [3.8, 4) is 0 Å². The molecule has 0 bridgehead atoms. The van der Waals surface area contributed by atoms with Crippen molar-refractivity contribution in [3.63, 3.8) is 0 Å². The van der Waals surface area contributed by atoms with Crippen molar-refractivity contribution in [2.45, 2.75) is 31.4 Å². The van der Waals surface area contributed by atoms with Gasteiger partial charge in [-0.2, -0.15) is 4.98 Å². The Hall–Kier alpha value is -1.47. The summed E-state index contributed by atoms with van der Waals surface area (Å²) in [4.78, 5) is 18.1. The largest absolute Gasteiger partial charge is 0.366 e. The number of ether oxygens (including phenoxy) is 1. The highest BCUT2D eigenvalue weighted by molar-refractivity contribution is 5.80. The van der Waals surface area contributed by atoms with Gasteiger partial charge in [0.1, 0.15) is 6.10 Å². The highest BCUT2D eigenvalue weighted by Crippen LogP contribution is 2.38. The standard InChI is InChI=1S/C12H18N4O3/c1-13-12(17)9-6-16(4-5-18-9)7-10-14-11(15-19-10)8-2-3-8/h8-9H,2-7H2,1H3,(H,13,17)/t9-/m0/s1. The second kappa shape index (κ2) is 5.26. The van der Waals surface area contributed by atoms with E-state index >= 15 is 0 Å². The number of aromatic nitrogens is 2. The van der Waals surface area contributed by atoms with Crippen LogP contribution in [0.2, 0.25) is 0 Å². The van der Waals surface area contributed by atoms with Gasteiger partial charge in [0.05, 0.1) is 13.2 Å². The minimum atomic E-state index is -0.412. The molecule has 1 amide bonds. The Morgan fingerprint density at radius 1 is 1.53 bits per heavy atom. The second-order valence-corrected chi connectivity index (χ2v) is 5.03. The van der Waals surface area contributed by atoms with Crippen molar-refractivity contribution in [1.29, 1.82) is 0 Å². The van der Waals surface area contributed by atoms with Crippen LogP contribution < -0.4 is 5.32 Å². The summed E-state index contributed by atoms with van der Waals surface area (Å²) >= 11 is 0. The van der Waals surface area contributed by atoms with Gasteiger partial charge in [-0.05, 0) is 12.8 Å². The highest BCUT2D eigenvalue weighted by atomic mass is 16.5. The van der Waals surface area contributed by atoms with Crippen LogP contribution >= 0.6 is 0 Å². The number of carbonyl (C=O) groups excluding carboxylic acids is 1. The maximum atomic E-state index is 11.6. The van der Waals surface area contributed by atoms with Crippen LogP contribution in [0.3, 0.4) is 0 Å². The molecule has 1 aliphatic carbocycles. The Labute approximate surface area is 111 Å². The van der Waals surface area contributed by atoms with Crippen molar-refractivity contribution >= 4 is 5.91 Å². The molecule has 1 aromatic heterocycles. The molecule has 0 unspecified atom stereocenters. The molecule has 2 fully saturated rings. The number of nitrogens with zero attached hydrogens (tertiary/aromatic N) is 3. The Balaban J connectivity index is 1.57. The number of amides is 1. The SMILES string of the molecule is CNC(=O)[C@@H]1CN(Cc2nc(C3CC3)no2)CCO1. The summed E-state index contributed by atoms with van der Waals surface area (Å²) in [6, 6.07) is 0. The molecule has 104 valence electrons. The smallest absolute Gasteiger partial charge is 0.250 e. The van der Waals surface area contributed by atoms with E-state index in [0.717, 1.165) is 25.2 Å². The molecule has 1 N–H and O–H groups in total. The molecule has 2 heterocycles. The summed E-state index contributed by atoms with van der Waals surface area (Å²) in [6.07, 6.45) is 1.91. The molecule has 1 saturated heterocycles. The summed E-state index contributed by atoms with van der Waals surface area (Å²) in [7, 11) is 1.62. The fraction of sp³-hybridized carbons (Fsp3) is 0.750. The fourth-order valence-electron chi connectivity index (χ4n) is 2.20. The van der Waals surface area contributed by atoms with E-state index in [0.29, 0.717) is 31.5 Å². The molecule has 19 heavy (non-hydrogen) atoms. The number of rotatable bonds is 4. The Morgan fingerprint density at radius 3 is 3.11 bits per heavy atom. The normalized spacial score (nSPS) is 24.4. The second-order valence-electron chi connectivity index (χ2n) is 5.03. The maximum absolute atomic E-state index is 11.6. The van der Waals surface area contributed by atoms with E-state index in [1.165, 1.54) is 0 Å². The first-order valence-corrected chi connectivity index (χ1v) is 6.64. The maximum Gasteiger partial charge on any atom is 0.250 e. The average Bonchev–Trinajstić information content (AvgIpc) is 3.19. The summed E-state index contributed by atoms with van der Waals surface area (Å²) in [6.45, 7) is 2.45. The summed E-state index contributed by atoms with van der Waals surface area (Å²) < 4.78 is 10.7. The fourth-order valence-corrected chi connectivity index (χ4v) is 2.20. The molecule has 1 atom stereocenters. The van der Waals surface area contributed by atoms with Crippen molar-refractivity contribution in [2.75, 3.05) is 26.7 Å². The zero-order valence-electron chi connectivity index (χ0n) is 11.0. The van der Waals surface area contributed by atoms with Crippen LogP contribution in [0.4, 0.5) is 0 Å². The molecule has 7 nitrogen and oxygen atoms in total. The number of hydrogen-bond acceptors (Lipinski definition) is 6. The Morgan fingerprint density at radius 2 is 2.37 bits per heavy atom. The van der Waals surface area contributed by atoms with Crippen LogP contribution in [0.15, 0.2) is 4.52 Å². The van der Waals surface area contributed by atoms with E-state index in [4.69, 9.17) is 9.26 Å². The molecule has 0 spiro atoms. The van der Waals surface area contributed by atoms with E-state index < -0.39 is 6.10 Å². The number of morpholine rings is 1. The summed E-state index contributed by atoms with van der Waals surface area (Å²) in [5.74, 6) is 1.86. The minimum absolute atomic E-state index is 0.0890. The van der Waals surface area contributed by atoms with Crippen molar-refractivity contribution in [3.05, 3.63) is 11.7 Å². The van der Waals surface area contributed by atoms with E-state index in [2.05, 4.69) is 20.4 Å². The topological polar surface area (TPSA) is 80.5 Å². The predicted molar refractivity (Wildman–Crippen MR) is 65.4 cm³/mol. The highest BCUT2D eigenvalue weighted by Gasteiger charge is 2.30.